The number of carbonyl (C=O) groups excluding carboxylic acids is 3. The Bertz CT molecular complexity index is 1020. The molecule has 1 amide bonds. The van der Waals surface area contributed by atoms with Gasteiger partial charge in [0.2, 0.25) is 5.34 Å². The first-order chi connectivity index (χ1) is 17.5. The molecule has 3 rings (SSSR count). The molecule has 0 aliphatic carbocycles. The summed E-state index contributed by atoms with van der Waals surface area (Å²) in [7, 11) is -1.99. The minimum atomic E-state index is -2.08. The first-order valence-corrected chi connectivity index (χ1v) is 13.1. The van der Waals surface area contributed by atoms with Crippen LogP contribution in [0.15, 0.2) is 60.7 Å². The van der Waals surface area contributed by atoms with E-state index in [1.807, 2.05) is 48.5 Å². The number of ether oxygens (including phenoxy) is 3. The minimum absolute atomic E-state index is 0.0760. The van der Waals surface area contributed by atoms with Crippen LogP contribution in [0.4, 0.5) is 4.79 Å². The van der Waals surface area contributed by atoms with Gasteiger partial charge >= 0.3 is 18.0 Å². The first kappa shape index (κ1) is 27.6. The molecule has 4 atom stereocenters. The second-order valence-electron chi connectivity index (χ2n) is 8.48. The molecule has 0 saturated carbocycles. The molecule has 36 heavy (non-hydrogen) atoms. The Morgan fingerprint density at radius 3 is 2.33 bits per heavy atom. The predicted octanol–water partition coefficient (Wildman–Crippen LogP) is 3.23. The summed E-state index contributed by atoms with van der Waals surface area (Å²) in [5.74, 6) is -1.84. The molecule has 1 heterocycles. The van der Waals surface area contributed by atoms with E-state index in [2.05, 4.69) is 10.6 Å². The number of carbonyl (C=O) groups is 3. The molecule has 3 unspecified atom stereocenters. The Labute approximate surface area is 212 Å². The highest BCUT2D eigenvalue weighted by Crippen LogP contribution is 2.35. The lowest BCUT2D eigenvalue weighted by Gasteiger charge is -2.34. The van der Waals surface area contributed by atoms with E-state index in [-0.39, 0.29) is 19.6 Å². The topological polar surface area (TPSA) is 120 Å². The quantitative estimate of drug-likeness (QED) is 0.251. The summed E-state index contributed by atoms with van der Waals surface area (Å²) in [5, 5.41) is 3.55. The van der Waals surface area contributed by atoms with Crippen LogP contribution in [-0.4, -0.2) is 48.6 Å². The van der Waals surface area contributed by atoms with Crippen molar-refractivity contribution in [3.8, 4) is 0 Å². The summed E-state index contributed by atoms with van der Waals surface area (Å²) in [6.07, 6.45) is 1.16. The van der Waals surface area contributed by atoms with E-state index in [0.29, 0.717) is 19.4 Å². The van der Waals surface area contributed by atoms with Crippen LogP contribution in [0.25, 0.3) is 0 Å². The van der Waals surface area contributed by atoms with Gasteiger partial charge in [-0.25, -0.2) is 14.4 Å². The van der Waals surface area contributed by atoms with Gasteiger partial charge in [-0.15, -0.1) is 0 Å². The Kier molecular flexibility index (Phi) is 10.7. The van der Waals surface area contributed by atoms with Gasteiger partial charge in [0.05, 0.1) is 19.3 Å². The van der Waals surface area contributed by atoms with Gasteiger partial charge in [-0.1, -0.05) is 60.7 Å². The average molecular weight is 517 g/mol. The van der Waals surface area contributed by atoms with Crippen molar-refractivity contribution < 1.29 is 33.2 Å². The van der Waals surface area contributed by atoms with Crippen molar-refractivity contribution in [2.45, 2.75) is 56.6 Å². The molecule has 1 saturated heterocycles. The standard InChI is InChI=1S/C26H33N2O7P/c1-2-33-25(31)28-22(16-15-19-10-5-3-6-11-19)26(36-32,34-18-20-12-7-4-8-13-20)24(30)35-23(29)21-14-9-17-27-21/h3-8,10-13,21-22,27H,2,9,14-18,36H2,1H3,(H,28,31)/t21-,22?,26?/m0/s1. The van der Waals surface area contributed by atoms with E-state index in [1.54, 1.807) is 19.1 Å². The van der Waals surface area contributed by atoms with Gasteiger partial charge in [-0.2, -0.15) is 0 Å². The molecule has 1 aliphatic rings. The predicted molar refractivity (Wildman–Crippen MR) is 135 cm³/mol. The average Bonchev–Trinajstić information content (AvgIpc) is 3.44. The molecule has 2 aromatic rings. The molecular weight excluding hydrogens is 483 g/mol. The fourth-order valence-electron chi connectivity index (χ4n) is 4.04. The minimum Gasteiger partial charge on any atom is -0.450 e. The Hall–Kier alpha value is -3.00. The van der Waals surface area contributed by atoms with Crippen molar-refractivity contribution in [3.05, 3.63) is 71.8 Å². The van der Waals surface area contributed by atoms with Gasteiger partial charge in [-0.3, -0.25) is 0 Å². The van der Waals surface area contributed by atoms with E-state index in [1.165, 1.54) is 0 Å². The maximum atomic E-state index is 13.5. The zero-order chi connectivity index (χ0) is 25.8. The molecule has 0 aromatic heterocycles. The van der Waals surface area contributed by atoms with Gasteiger partial charge in [0, 0.05) is 0 Å². The van der Waals surface area contributed by atoms with Crippen molar-refractivity contribution in [3.63, 3.8) is 0 Å². The molecule has 10 heteroatoms. The second kappa shape index (κ2) is 13.9. The molecule has 0 radical (unpaired) electrons. The number of esters is 2. The van der Waals surface area contributed by atoms with Crippen LogP contribution < -0.4 is 10.6 Å². The van der Waals surface area contributed by atoms with E-state index in [4.69, 9.17) is 14.2 Å². The highest BCUT2D eigenvalue weighted by Gasteiger charge is 2.50. The third-order valence-corrected chi connectivity index (χ3v) is 7.16. The summed E-state index contributed by atoms with van der Waals surface area (Å²) >= 11 is 0. The molecule has 9 nitrogen and oxygen atoms in total. The number of amides is 1. The van der Waals surface area contributed by atoms with Crippen LogP contribution in [0.3, 0.4) is 0 Å². The summed E-state index contributed by atoms with van der Waals surface area (Å²) in [5.41, 5.74) is 1.68. The number of rotatable bonds is 12. The third kappa shape index (κ3) is 7.50. The number of alkyl carbamates (subject to hydrolysis) is 1. The van der Waals surface area contributed by atoms with Gasteiger partial charge in [0.25, 0.3) is 0 Å². The Morgan fingerprint density at radius 2 is 1.75 bits per heavy atom. The molecular formula is C26H33N2O7P. The summed E-state index contributed by atoms with van der Waals surface area (Å²) in [4.78, 5) is 38.6. The number of hydrogen-bond donors (Lipinski definition) is 2. The fraction of sp³-hybridized carbons (Fsp3) is 0.423. The lowest BCUT2D eigenvalue weighted by molar-refractivity contribution is -0.175. The molecule has 194 valence electrons. The van der Waals surface area contributed by atoms with Gasteiger partial charge in [0.15, 0.2) is 0 Å². The van der Waals surface area contributed by atoms with Crippen LogP contribution in [0.1, 0.15) is 37.3 Å². The van der Waals surface area contributed by atoms with Crippen molar-refractivity contribution >= 4 is 26.5 Å². The molecule has 2 N–H and O–H groups in total. The molecule has 1 fully saturated rings. The number of benzene rings is 2. The van der Waals surface area contributed by atoms with E-state index in [0.717, 1.165) is 17.5 Å². The smallest absolute Gasteiger partial charge is 0.407 e. The number of aryl methyl sites for hydroxylation is 1. The van der Waals surface area contributed by atoms with Crippen LogP contribution >= 0.6 is 8.46 Å². The normalized spacial score (nSPS) is 17.9. The van der Waals surface area contributed by atoms with Crippen LogP contribution in [0.2, 0.25) is 0 Å². The lowest BCUT2D eigenvalue weighted by Crippen LogP contribution is -2.57. The third-order valence-electron chi connectivity index (χ3n) is 6.00. The van der Waals surface area contributed by atoms with Crippen molar-refractivity contribution in [1.82, 2.24) is 10.6 Å². The SMILES string of the molecule is CCOC(=O)NC(CCc1ccccc1)C(OCc1ccccc1)([PH2]=O)C(=O)OC(=O)[C@@H]1CCCN1. The number of nitrogens with one attached hydrogen (secondary N) is 2. The first-order valence-electron chi connectivity index (χ1n) is 12.1. The summed E-state index contributed by atoms with van der Waals surface area (Å²) in [6.45, 7) is 2.32. The van der Waals surface area contributed by atoms with E-state index >= 15 is 0 Å². The monoisotopic (exact) mass is 516 g/mol. The number of hydrogen-bond acceptors (Lipinski definition) is 8. The van der Waals surface area contributed by atoms with Crippen molar-refractivity contribution in [2.75, 3.05) is 13.2 Å². The molecule has 2 aromatic carbocycles. The van der Waals surface area contributed by atoms with Gasteiger partial charge in [0.1, 0.15) is 14.5 Å². The highest BCUT2D eigenvalue weighted by atomic mass is 31.1. The zero-order valence-corrected chi connectivity index (χ0v) is 21.5. The van der Waals surface area contributed by atoms with Crippen LogP contribution in [0, 0.1) is 0 Å². The molecule has 0 spiro atoms. The van der Waals surface area contributed by atoms with Gasteiger partial charge in [-0.05, 0) is 50.3 Å². The largest absolute Gasteiger partial charge is 0.450 e. The molecule has 1 aliphatic heterocycles. The van der Waals surface area contributed by atoms with Crippen molar-refractivity contribution in [2.24, 2.45) is 0 Å². The maximum absolute atomic E-state index is 13.5. The zero-order valence-electron chi connectivity index (χ0n) is 20.3. The summed E-state index contributed by atoms with van der Waals surface area (Å²) < 4.78 is 29.1. The Morgan fingerprint density at radius 1 is 1.08 bits per heavy atom. The van der Waals surface area contributed by atoms with Crippen LogP contribution in [-0.2, 0) is 41.4 Å². The van der Waals surface area contributed by atoms with E-state index < -0.39 is 43.9 Å². The van der Waals surface area contributed by atoms with Crippen molar-refractivity contribution in [1.29, 1.82) is 0 Å². The van der Waals surface area contributed by atoms with Gasteiger partial charge < -0.3 is 29.4 Å². The second-order valence-corrected chi connectivity index (χ2v) is 9.58. The molecule has 0 bridgehead atoms. The lowest BCUT2D eigenvalue weighted by atomic mass is 10.00. The highest BCUT2D eigenvalue weighted by molar-refractivity contribution is 7.27. The summed E-state index contributed by atoms with van der Waals surface area (Å²) in [6, 6.07) is 16.8. The van der Waals surface area contributed by atoms with Crippen LogP contribution in [0.5, 0.6) is 0 Å². The Balaban J connectivity index is 1.91. The maximum Gasteiger partial charge on any atom is 0.407 e. The van der Waals surface area contributed by atoms with E-state index in [9.17, 15) is 18.9 Å². The fourth-order valence-corrected chi connectivity index (χ4v) is 4.76.